The molecule has 5 heteroatoms. The first-order valence-electron chi connectivity index (χ1n) is 6.73. The topological polar surface area (TPSA) is 41.3 Å². The lowest BCUT2D eigenvalue weighted by Gasteiger charge is -2.22. The molecule has 0 saturated heterocycles. The van der Waals surface area contributed by atoms with Gasteiger partial charge in [0.25, 0.3) is 0 Å². The fourth-order valence-corrected chi connectivity index (χ4v) is 2.09. The molecule has 0 aliphatic heterocycles. The van der Waals surface area contributed by atoms with Crippen LogP contribution in [0.2, 0.25) is 0 Å². The Balaban J connectivity index is 2.58. The molecule has 0 spiro atoms. The number of nitrogens with one attached hydrogen (secondary N) is 1. The lowest BCUT2D eigenvalue weighted by Crippen LogP contribution is -2.40. The quantitative estimate of drug-likeness (QED) is 0.562. The third-order valence-electron chi connectivity index (χ3n) is 3.40. The standard InChI is InChI=1S/C14H23F2N3/c1-3-19(4-2)8-7-13(18-17)10-11-9-12(15)5-6-14(11)16/h5-6,9,13,18H,3-4,7-8,10,17H2,1-2H3. The molecule has 1 aromatic rings. The molecule has 0 aliphatic carbocycles. The van der Waals surface area contributed by atoms with Gasteiger partial charge in [-0.15, -0.1) is 0 Å². The molecule has 0 amide bonds. The van der Waals surface area contributed by atoms with Crippen molar-refractivity contribution in [2.45, 2.75) is 32.7 Å². The Morgan fingerprint density at radius 3 is 2.53 bits per heavy atom. The van der Waals surface area contributed by atoms with Gasteiger partial charge in [0, 0.05) is 6.04 Å². The van der Waals surface area contributed by atoms with E-state index in [2.05, 4.69) is 24.2 Å². The van der Waals surface area contributed by atoms with E-state index >= 15 is 0 Å². The Labute approximate surface area is 113 Å². The average Bonchev–Trinajstić information content (AvgIpc) is 2.42. The van der Waals surface area contributed by atoms with Crippen LogP contribution in [0.3, 0.4) is 0 Å². The third-order valence-corrected chi connectivity index (χ3v) is 3.40. The van der Waals surface area contributed by atoms with Crippen LogP contribution < -0.4 is 11.3 Å². The van der Waals surface area contributed by atoms with Gasteiger partial charge in [-0.1, -0.05) is 13.8 Å². The number of hydrazine groups is 1. The van der Waals surface area contributed by atoms with Crippen LogP contribution >= 0.6 is 0 Å². The third kappa shape index (κ3) is 5.22. The average molecular weight is 271 g/mol. The Hall–Kier alpha value is -1.04. The number of benzene rings is 1. The molecule has 19 heavy (non-hydrogen) atoms. The van der Waals surface area contributed by atoms with Gasteiger partial charge in [0.05, 0.1) is 0 Å². The molecule has 1 rings (SSSR count). The van der Waals surface area contributed by atoms with Gasteiger partial charge in [0.15, 0.2) is 0 Å². The molecular formula is C14H23F2N3. The van der Waals surface area contributed by atoms with Crippen LogP contribution in [-0.4, -0.2) is 30.6 Å². The Bertz CT molecular complexity index is 381. The van der Waals surface area contributed by atoms with Crippen LogP contribution in [0, 0.1) is 11.6 Å². The van der Waals surface area contributed by atoms with Gasteiger partial charge < -0.3 is 4.90 Å². The first-order chi connectivity index (χ1) is 9.10. The van der Waals surface area contributed by atoms with Gasteiger partial charge in [-0.05, 0) is 56.2 Å². The molecular weight excluding hydrogens is 248 g/mol. The zero-order valence-corrected chi connectivity index (χ0v) is 11.6. The normalized spacial score (nSPS) is 12.9. The number of halogens is 2. The van der Waals surface area contributed by atoms with Crippen molar-refractivity contribution in [3.63, 3.8) is 0 Å². The van der Waals surface area contributed by atoms with Crippen molar-refractivity contribution in [2.75, 3.05) is 19.6 Å². The Kier molecular flexibility index (Phi) is 6.91. The highest BCUT2D eigenvalue weighted by molar-refractivity contribution is 5.19. The van der Waals surface area contributed by atoms with Crippen LogP contribution in [0.1, 0.15) is 25.8 Å². The first kappa shape index (κ1) is 16.0. The minimum atomic E-state index is -0.420. The SMILES string of the molecule is CCN(CC)CCC(Cc1cc(F)ccc1F)NN. The minimum absolute atomic E-state index is 0.0584. The van der Waals surface area contributed by atoms with Gasteiger partial charge >= 0.3 is 0 Å². The van der Waals surface area contributed by atoms with E-state index in [9.17, 15) is 8.78 Å². The highest BCUT2D eigenvalue weighted by Crippen LogP contribution is 2.13. The van der Waals surface area contributed by atoms with Crippen LogP contribution in [0.25, 0.3) is 0 Å². The number of rotatable bonds is 8. The van der Waals surface area contributed by atoms with E-state index in [1.807, 2.05) is 0 Å². The molecule has 0 radical (unpaired) electrons. The van der Waals surface area contributed by atoms with E-state index < -0.39 is 5.82 Å². The van der Waals surface area contributed by atoms with Crippen LogP contribution in [0.5, 0.6) is 0 Å². The zero-order valence-electron chi connectivity index (χ0n) is 11.6. The maximum Gasteiger partial charge on any atom is 0.126 e. The van der Waals surface area contributed by atoms with Gasteiger partial charge in [0.1, 0.15) is 11.6 Å². The van der Waals surface area contributed by atoms with Gasteiger partial charge in [-0.25, -0.2) is 8.78 Å². The highest BCUT2D eigenvalue weighted by atomic mass is 19.1. The maximum atomic E-state index is 13.6. The van der Waals surface area contributed by atoms with Gasteiger partial charge in [-0.3, -0.25) is 11.3 Å². The molecule has 3 nitrogen and oxygen atoms in total. The molecule has 0 aliphatic rings. The highest BCUT2D eigenvalue weighted by Gasteiger charge is 2.13. The smallest absolute Gasteiger partial charge is 0.126 e. The number of hydrogen-bond acceptors (Lipinski definition) is 3. The monoisotopic (exact) mass is 271 g/mol. The van der Waals surface area contributed by atoms with Crippen molar-refractivity contribution in [1.82, 2.24) is 10.3 Å². The second-order valence-electron chi connectivity index (χ2n) is 4.62. The van der Waals surface area contributed by atoms with Crippen molar-refractivity contribution in [1.29, 1.82) is 0 Å². The maximum absolute atomic E-state index is 13.6. The predicted octanol–water partition coefficient (Wildman–Crippen LogP) is 2.07. The molecule has 108 valence electrons. The molecule has 0 saturated carbocycles. The van der Waals surface area contributed by atoms with Crippen LogP contribution in [0.15, 0.2) is 18.2 Å². The Morgan fingerprint density at radius 1 is 1.26 bits per heavy atom. The van der Waals surface area contributed by atoms with Crippen molar-refractivity contribution in [3.05, 3.63) is 35.4 Å². The summed E-state index contributed by atoms with van der Waals surface area (Å²) in [6, 6.07) is 3.45. The summed E-state index contributed by atoms with van der Waals surface area (Å²) in [5.41, 5.74) is 3.05. The molecule has 3 N–H and O–H groups in total. The molecule has 1 aromatic carbocycles. The lowest BCUT2D eigenvalue weighted by molar-refractivity contribution is 0.280. The van der Waals surface area contributed by atoms with E-state index in [1.165, 1.54) is 6.07 Å². The van der Waals surface area contributed by atoms with Gasteiger partial charge in [0.2, 0.25) is 0 Å². The van der Waals surface area contributed by atoms with E-state index in [0.29, 0.717) is 12.0 Å². The van der Waals surface area contributed by atoms with E-state index in [-0.39, 0.29) is 11.9 Å². The van der Waals surface area contributed by atoms with E-state index in [1.54, 1.807) is 0 Å². The minimum Gasteiger partial charge on any atom is -0.304 e. The summed E-state index contributed by atoms with van der Waals surface area (Å²) < 4.78 is 26.7. The summed E-state index contributed by atoms with van der Waals surface area (Å²) in [4.78, 5) is 2.27. The summed E-state index contributed by atoms with van der Waals surface area (Å²) in [5, 5.41) is 0. The number of hydrogen-bond donors (Lipinski definition) is 2. The summed E-state index contributed by atoms with van der Waals surface area (Å²) in [6.07, 6.45) is 1.19. The summed E-state index contributed by atoms with van der Waals surface area (Å²) in [7, 11) is 0. The molecule has 1 atom stereocenters. The van der Waals surface area contributed by atoms with Crippen LogP contribution in [-0.2, 0) is 6.42 Å². The molecule has 0 heterocycles. The summed E-state index contributed by atoms with van der Waals surface area (Å²) in [6.45, 7) is 7.03. The molecule has 1 unspecified atom stereocenters. The van der Waals surface area contributed by atoms with Crippen molar-refractivity contribution in [3.8, 4) is 0 Å². The van der Waals surface area contributed by atoms with E-state index in [0.717, 1.165) is 38.2 Å². The second kappa shape index (κ2) is 8.19. The fraction of sp³-hybridized carbons (Fsp3) is 0.571. The van der Waals surface area contributed by atoms with E-state index in [4.69, 9.17) is 5.84 Å². The van der Waals surface area contributed by atoms with Gasteiger partial charge in [-0.2, -0.15) is 0 Å². The van der Waals surface area contributed by atoms with Crippen molar-refractivity contribution in [2.24, 2.45) is 5.84 Å². The predicted molar refractivity (Wildman–Crippen MR) is 73.6 cm³/mol. The number of nitrogens with zero attached hydrogens (tertiary/aromatic N) is 1. The first-order valence-corrected chi connectivity index (χ1v) is 6.73. The fourth-order valence-electron chi connectivity index (χ4n) is 2.09. The van der Waals surface area contributed by atoms with Crippen LogP contribution in [0.4, 0.5) is 8.78 Å². The summed E-state index contributed by atoms with van der Waals surface area (Å²) >= 11 is 0. The molecule has 0 aromatic heterocycles. The Morgan fingerprint density at radius 2 is 1.95 bits per heavy atom. The zero-order chi connectivity index (χ0) is 14.3. The lowest BCUT2D eigenvalue weighted by atomic mass is 10.0. The molecule has 0 bridgehead atoms. The second-order valence-corrected chi connectivity index (χ2v) is 4.62. The van der Waals surface area contributed by atoms with Crippen molar-refractivity contribution < 1.29 is 8.78 Å². The largest absolute Gasteiger partial charge is 0.304 e. The van der Waals surface area contributed by atoms with Crippen molar-refractivity contribution >= 4 is 0 Å². The summed E-state index contributed by atoms with van der Waals surface area (Å²) in [5.74, 6) is 4.69. The molecule has 0 fully saturated rings. The number of nitrogens with two attached hydrogens (primary N) is 1.